The van der Waals surface area contributed by atoms with Gasteiger partial charge in [0, 0.05) is 25.5 Å². The molecule has 1 aliphatic rings. The summed E-state index contributed by atoms with van der Waals surface area (Å²) < 4.78 is 13.9. The molecular weight excluding hydrogens is 251 g/mol. The SMILES string of the molecule is CN(CC1CCCN1C)c1c(F)cccc1CCl. The molecule has 1 saturated heterocycles. The van der Waals surface area contributed by atoms with Gasteiger partial charge in [0.2, 0.25) is 0 Å². The van der Waals surface area contributed by atoms with Crippen molar-refractivity contribution in [3.8, 4) is 0 Å². The predicted molar refractivity (Wildman–Crippen MR) is 74.9 cm³/mol. The Morgan fingerprint density at radius 2 is 2.28 bits per heavy atom. The number of likely N-dealkylation sites (N-methyl/N-ethyl adjacent to an activating group) is 2. The lowest BCUT2D eigenvalue weighted by Gasteiger charge is -2.28. The molecule has 0 radical (unpaired) electrons. The molecule has 0 aliphatic carbocycles. The van der Waals surface area contributed by atoms with Gasteiger partial charge < -0.3 is 9.80 Å². The lowest BCUT2D eigenvalue weighted by Crippen LogP contribution is -2.37. The molecular formula is C14H20ClFN2. The summed E-state index contributed by atoms with van der Waals surface area (Å²) >= 11 is 5.89. The molecule has 1 fully saturated rings. The molecule has 1 atom stereocenters. The molecule has 0 aromatic heterocycles. The van der Waals surface area contributed by atoms with E-state index < -0.39 is 0 Å². The van der Waals surface area contributed by atoms with Crippen molar-refractivity contribution >= 4 is 17.3 Å². The first-order valence-electron chi connectivity index (χ1n) is 6.38. The van der Waals surface area contributed by atoms with E-state index in [1.807, 2.05) is 18.0 Å². The fraction of sp³-hybridized carbons (Fsp3) is 0.571. The molecule has 2 rings (SSSR count). The van der Waals surface area contributed by atoms with Gasteiger partial charge in [0.15, 0.2) is 0 Å². The van der Waals surface area contributed by atoms with Gasteiger partial charge in [-0.15, -0.1) is 11.6 Å². The fourth-order valence-corrected chi connectivity index (χ4v) is 2.93. The zero-order chi connectivity index (χ0) is 13.1. The highest BCUT2D eigenvalue weighted by Crippen LogP contribution is 2.26. The van der Waals surface area contributed by atoms with E-state index >= 15 is 0 Å². The number of hydrogen-bond acceptors (Lipinski definition) is 2. The molecule has 0 spiro atoms. The lowest BCUT2D eigenvalue weighted by molar-refractivity contribution is 0.314. The summed E-state index contributed by atoms with van der Waals surface area (Å²) in [6.07, 6.45) is 2.42. The van der Waals surface area contributed by atoms with Crippen molar-refractivity contribution in [1.29, 1.82) is 0 Å². The van der Waals surface area contributed by atoms with E-state index in [0.717, 1.165) is 18.7 Å². The van der Waals surface area contributed by atoms with Gasteiger partial charge in [-0.2, -0.15) is 0 Å². The average molecular weight is 271 g/mol. The lowest BCUT2D eigenvalue weighted by atomic mass is 10.1. The topological polar surface area (TPSA) is 6.48 Å². The minimum atomic E-state index is -0.184. The Balaban J connectivity index is 2.15. The number of likely N-dealkylation sites (tertiary alicyclic amines) is 1. The number of benzene rings is 1. The highest BCUT2D eigenvalue weighted by atomic mass is 35.5. The van der Waals surface area contributed by atoms with E-state index in [0.29, 0.717) is 17.6 Å². The van der Waals surface area contributed by atoms with Gasteiger partial charge in [-0.05, 0) is 38.1 Å². The zero-order valence-corrected chi connectivity index (χ0v) is 11.8. The maximum Gasteiger partial charge on any atom is 0.146 e. The van der Waals surface area contributed by atoms with Crippen LogP contribution in [-0.2, 0) is 5.88 Å². The minimum Gasteiger partial charge on any atom is -0.370 e. The van der Waals surface area contributed by atoms with E-state index in [-0.39, 0.29) is 5.82 Å². The number of hydrogen-bond donors (Lipinski definition) is 0. The Bertz CT molecular complexity index is 411. The van der Waals surface area contributed by atoms with Crippen LogP contribution in [0.2, 0.25) is 0 Å². The van der Waals surface area contributed by atoms with Crippen molar-refractivity contribution < 1.29 is 4.39 Å². The maximum atomic E-state index is 13.9. The molecule has 1 heterocycles. The second kappa shape index (κ2) is 5.89. The van der Waals surface area contributed by atoms with Gasteiger partial charge in [-0.1, -0.05) is 12.1 Å². The summed E-state index contributed by atoms with van der Waals surface area (Å²) in [5.74, 6) is 0.161. The first kappa shape index (κ1) is 13.6. The van der Waals surface area contributed by atoms with Crippen molar-refractivity contribution in [2.75, 3.05) is 32.1 Å². The molecule has 4 heteroatoms. The van der Waals surface area contributed by atoms with E-state index in [2.05, 4.69) is 11.9 Å². The number of para-hydroxylation sites is 1. The predicted octanol–water partition coefficient (Wildman–Crippen LogP) is 3.09. The molecule has 0 amide bonds. The largest absolute Gasteiger partial charge is 0.370 e. The van der Waals surface area contributed by atoms with Gasteiger partial charge in [-0.3, -0.25) is 0 Å². The van der Waals surface area contributed by atoms with E-state index in [1.54, 1.807) is 6.07 Å². The number of anilines is 1. The fourth-order valence-electron chi connectivity index (χ4n) is 2.71. The number of halogens is 2. The van der Waals surface area contributed by atoms with Crippen LogP contribution >= 0.6 is 11.6 Å². The first-order chi connectivity index (χ1) is 8.63. The van der Waals surface area contributed by atoms with Crippen LogP contribution in [0.5, 0.6) is 0 Å². The van der Waals surface area contributed by atoms with Gasteiger partial charge in [0.1, 0.15) is 5.82 Å². The summed E-state index contributed by atoms with van der Waals surface area (Å²) in [4.78, 5) is 4.34. The Morgan fingerprint density at radius 3 is 2.89 bits per heavy atom. The summed E-state index contributed by atoms with van der Waals surface area (Å²) in [6.45, 7) is 1.99. The summed E-state index contributed by atoms with van der Waals surface area (Å²) in [5, 5.41) is 0. The second-order valence-corrected chi connectivity index (χ2v) is 5.31. The highest BCUT2D eigenvalue weighted by Gasteiger charge is 2.23. The van der Waals surface area contributed by atoms with E-state index in [9.17, 15) is 4.39 Å². The molecule has 1 aromatic rings. The third kappa shape index (κ3) is 2.78. The van der Waals surface area contributed by atoms with Gasteiger partial charge in [0.25, 0.3) is 0 Å². The maximum absolute atomic E-state index is 13.9. The van der Waals surface area contributed by atoms with Crippen molar-refractivity contribution in [3.63, 3.8) is 0 Å². The Kier molecular flexibility index (Phi) is 4.46. The van der Waals surface area contributed by atoms with Crippen molar-refractivity contribution in [2.45, 2.75) is 24.8 Å². The van der Waals surface area contributed by atoms with Crippen molar-refractivity contribution in [1.82, 2.24) is 4.90 Å². The van der Waals surface area contributed by atoms with Crippen LogP contribution in [-0.4, -0.2) is 38.1 Å². The summed E-state index contributed by atoms with van der Waals surface area (Å²) in [7, 11) is 4.08. The molecule has 1 aromatic carbocycles. The van der Waals surface area contributed by atoms with Crippen molar-refractivity contribution in [3.05, 3.63) is 29.6 Å². The number of alkyl halides is 1. The third-order valence-corrected chi connectivity index (χ3v) is 4.04. The normalized spacial score (nSPS) is 20.3. The summed E-state index contributed by atoms with van der Waals surface area (Å²) in [6, 6.07) is 5.62. The second-order valence-electron chi connectivity index (χ2n) is 5.04. The zero-order valence-electron chi connectivity index (χ0n) is 11.0. The molecule has 1 unspecified atom stereocenters. The van der Waals surface area contributed by atoms with Gasteiger partial charge in [-0.25, -0.2) is 4.39 Å². The van der Waals surface area contributed by atoms with Gasteiger partial charge in [0.05, 0.1) is 5.69 Å². The third-order valence-electron chi connectivity index (χ3n) is 3.75. The highest BCUT2D eigenvalue weighted by molar-refractivity contribution is 6.17. The smallest absolute Gasteiger partial charge is 0.146 e. The van der Waals surface area contributed by atoms with Crippen molar-refractivity contribution in [2.24, 2.45) is 0 Å². The van der Waals surface area contributed by atoms with Crippen LogP contribution in [0.4, 0.5) is 10.1 Å². The first-order valence-corrected chi connectivity index (χ1v) is 6.91. The van der Waals surface area contributed by atoms with Crippen LogP contribution in [0.25, 0.3) is 0 Å². The molecule has 0 N–H and O–H groups in total. The van der Waals surface area contributed by atoms with Crippen LogP contribution in [0.3, 0.4) is 0 Å². The number of nitrogens with zero attached hydrogens (tertiary/aromatic N) is 2. The van der Waals surface area contributed by atoms with Gasteiger partial charge >= 0.3 is 0 Å². The molecule has 1 aliphatic heterocycles. The Hall–Kier alpha value is -0.800. The van der Waals surface area contributed by atoms with Crippen LogP contribution in [0, 0.1) is 5.82 Å². The Labute approximate surface area is 113 Å². The van der Waals surface area contributed by atoms with Crippen LogP contribution in [0.15, 0.2) is 18.2 Å². The average Bonchev–Trinajstić information content (AvgIpc) is 2.74. The molecule has 100 valence electrons. The molecule has 18 heavy (non-hydrogen) atoms. The van der Waals surface area contributed by atoms with E-state index in [4.69, 9.17) is 11.6 Å². The quantitative estimate of drug-likeness (QED) is 0.776. The Morgan fingerprint density at radius 1 is 1.50 bits per heavy atom. The minimum absolute atomic E-state index is 0.184. The molecule has 2 nitrogen and oxygen atoms in total. The van der Waals surface area contributed by atoms with Crippen LogP contribution < -0.4 is 4.90 Å². The monoisotopic (exact) mass is 270 g/mol. The molecule has 0 bridgehead atoms. The standard InChI is InChI=1S/C14H20ClFN2/c1-17-8-4-6-12(17)10-18(2)14-11(9-15)5-3-7-13(14)16/h3,5,7,12H,4,6,8-10H2,1-2H3. The molecule has 0 saturated carbocycles. The van der Waals surface area contributed by atoms with Crippen LogP contribution in [0.1, 0.15) is 18.4 Å². The van der Waals surface area contributed by atoms with E-state index in [1.165, 1.54) is 18.9 Å². The summed E-state index contributed by atoms with van der Waals surface area (Å²) in [5.41, 5.74) is 1.51. The number of rotatable bonds is 4.